The molecular weight excluding hydrogens is 731 g/mol. The molecule has 2 heteroatoms. The summed E-state index contributed by atoms with van der Waals surface area (Å²) >= 11 is 2.03. The van der Waals surface area contributed by atoms with E-state index in [9.17, 15) is 0 Å². The number of anilines is 3. The van der Waals surface area contributed by atoms with Crippen LogP contribution in [0.5, 0.6) is 0 Å². The summed E-state index contributed by atoms with van der Waals surface area (Å²) in [4.78, 5) is 5.55. The molecule has 6 aromatic carbocycles. The van der Waals surface area contributed by atoms with Crippen LogP contribution in [0.1, 0.15) is 120 Å². The maximum Gasteiger partial charge on any atom is 0.0473 e. The van der Waals surface area contributed by atoms with E-state index in [2.05, 4.69) is 174 Å². The largest absolute Gasteiger partial charge is 0.310 e. The van der Waals surface area contributed by atoms with Crippen LogP contribution in [0, 0.1) is 23.7 Å². The smallest absolute Gasteiger partial charge is 0.0473 e. The lowest BCUT2D eigenvalue weighted by Crippen LogP contribution is -2.57. The average Bonchev–Trinajstić information content (AvgIpc) is 3.46. The van der Waals surface area contributed by atoms with Crippen LogP contribution < -0.4 is 4.90 Å². The van der Waals surface area contributed by atoms with Crippen LogP contribution in [0.4, 0.5) is 17.1 Å². The second-order valence-electron chi connectivity index (χ2n) is 21.3. The topological polar surface area (TPSA) is 3.24 Å². The molecule has 7 aliphatic rings. The molecule has 4 saturated carbocycles. The summed E-state index contributed by atoms with van der Waals surface area (Å²) in [7, 11) is 0. The molecule has 59 heavy (non-hydrogen) atoms. The standard InChI is InChI=1S/C57H57NS/c1-54(2)24-25-55(3,4)50-33-42(18-21-47(50)54)58(41-17-20-45-44-14-10-11-15-46(44)56(5,6)49(45)32-41)43-19-22-48-53(34-43)59-52-23-16-38(37-12-8-7-9-13-37)31-51(52)57(48)39-27-35-26-36(29-39)30-40(57)28-35/h7-23,31-36,39-40H,24-30H2,1-6H3. The van der Waals surface area contributed by atoms with Crippen LogP contribution in [0.25, 0.3) is 22.3 Å². The number of hydrogen-bond donors (Lipinski definition) is 0. The maximum atomic E-state index is 2.63. The predicted octanol–water partition coefficient (Wildman–Crippen LogP) is 15.7. The third-order valence-corrected chi connectivity index (χ3v) is 17.9. The Kier molecular flexibility index (Phi) is 7.70. The van der Waals surface area contributed by atoms with Gasteiger partial charge < -0.3 is 4.90 Å². The van der Waals surface area contributed by atoms with Crippen LogP contribution >= 0.6 is 11.8 Å². The molecule has 296 valence electrons. The van der Waals surface area contributed by atoms with Gasteiger partial charge in [0, 0.05) is 37.7 Å². The minimum atomic E-state index is -0.0741. The van der Waals surface area contributed by atoms with E-state index in [0.717, 1.165) is 11.8 Å². The van der Waals surface area contributed by atoms with E-state index in [0.29, 0.717) is 11.8 Å². The second-order valence-corrected chi connectivity index (χ2v) is 22.4. The highest BCUT2D eigenvalue weighted by molar-refractivity contribution is 7.99. The van der Waals surface area contributed by atoms with Crippen molar-refractivity contribution < 1.29 is 0 Å². The van der Waals surface area contributed by atoms with E-state index in [1.807, 2.05) is 11.8 Å². The average molecular weight is 788 g/mol. The van der Waals surface area contributed by atoms with Gasteiger partial charge in [0.05, 0.1) is 0 Å². The van der Waals surface area contributed by atoms with Crippen molar-refractivity contribution in [3.05, 3.63) is 161 Å². The molecule has 0 unspecified atom stereocenters. The predicted molar refractivity (Wildman–Crippen MR) is 248 cm³/mol. The van der Waals surface area contributed by atoms with Crippen LogP contribution in [0.2, 0.25) is 0 Å². The van der Waals surface area contributed by atoms with E-state index in [1.165, 1.54) is 116 Å². The monoisotopic (exact) mass is 787 g/mol. The molecule has 1 nitrogen and oxygen atoms in total. The molecule has 13 rings (SSSR count). The Balaban J connectivity index is 1.05. The van der Waals surface area contributed by atoms with Crippen molar-refractivity contribution >= 4 is 28.8 Å². The number of hydrogen-bond acceptors (Lipinski definition) is 2. The Bertz CT molecular complexity index is 2670. The lowest BCUT2D eigenvalue weighted by atomic mass is 9.42. The molecule has 0 aromatic heterocycles. The fraction of sp³-hybridized carbons (Fsp3) is 0.368. The number of fused-ring (bicyclic) bond motifs is 6. The molecule has 0 saturated heterocycles. The Morgan fingerprint density at radius 3 is 1.76 bits per heavy atom. The summed E-state index contributed by atoms with van der Waals surface area (Å²) < 4.78 is 0. The zero-order chi connectivity index (χ0) is 40.1. The summed E-state index contributed by atoms with van der Waals surface area (Å²) in [5, 5.41) is 0. The van der Waals surface area contributed by atoms with Gasteiger partial charge in [0.2, 0.25) is 0 Å². The maximum absolute atomic E-state index is 2.63. The normalized spacial score (nSPS) is 26.7. The van der Waals surface area contributed by atoms with Gasteiger partial charge in [-0.3, -0.25) is 0 Å². The zero-order valence-electron chi connectivity index (χ0n) is 35.7. The number of nitrogens with zero attached hydrogens (tertiary/aromatic N) is 1. The van der Waals surface area contributed by atoms with E-state index in [-0.39, 0.29) is 21.7 Å². The van der Waals surface area contributed by atoms with Crippen LogP contribution in [0.15, 0.2) is 137 Å². The zero-order valence-corrected chi connectivity index (χ0v) is 36.6. The van der Waals surface area contributed by atoms with Crippen molar-refractivity contribution in [1.82, 2.24) is 0 Å². The van der Waals surface area contributed by atoms with E-state index < -0.39 is 0 Å². The van der Waals surface area contributed by atoms with Gasteiger partial charge in [0.25, 0.3) is 0 Å². The highest BCUT2D eigenvalue weighted by Gasteiger charge is 2.61. The summed E-state index contributed by atoms with van der Waals surface area (Å²) in [6.07, 6.45) is 9.42. The quantitative estimate of drug-likeness (QED) is 0.175. The van der Waals surface area contributed by atoms with Gasteiger partial charge in [-0.05, 0) is 184 Å². The van der Waals surface area contributed by atoms with Gasteiger partial charge in [-0.25, -0.2) is 0 Å². The molecule has 0 amide bonds. The molecule has 6 aliphatic carbocycles. The summed E-state index contributed by atoms with van der Waals surface area (Å²) in [5.41, 5.74) is 18.6. The molecule has 4 fully saturated rings. The van der Waals surface area contributed by atoms with Gasteiger partial charge in [-0.2, -0.15) is 0 Å². The first-order chi connectivity index (χ1) is 28.4. The molecular formula is C57H57NS. The molecule has 1 heterocycles. The highest BCUT2D eigenvalue weighted by Crippen LogP contribution is 2.69. The second kappa shape index (κ2) is 12.5. The molecule has 0 N–H and O–H groups in total. The molecule has 4 bridgehead atoms. The van der Waals surface area contributed by atoms with E-state index in [1.54, 1.807) is 11.1 Å². The molecule has 0 radical (unpaired) electrons. The van der Waals surface area contributed by atoms with Gasteiger partial charge in [0.1, 0.15) is 0 Å². The van der Waals surface area contributed by atoms with Crippen molar-refractivity contribution in [2.75, 3.05) is 4.90 Å². The highest BCUT2D eigenvalue weighted by atomic mass is 32.2. The fourth-order valence-corrected chi connectivity index (χ4v) is 15.1. The van der Waals surface area contributed by atoms with E-state index in [4.69, 9.17) is 0 Å². The van der Waals surface area contributed by atoms with E-state index >= 15 is 0 Å². The molecule has 6 aromatic rings. The van der Waals surface area contributed by atoms with Gasteiger partial charge in [-0.15, -0.1) is 0 Å². The van der Waals surface area contributed by atoms with Crippen LogP contribution in [-0.4, -0.2) is 0 Å². The summed E-state index contributed by atoms with van der Waals surface area (Å²) in [6.45, 7) is 14.6. The van der Waals surface area contributed by atoms with Gasteiger partial charge in [0.15, 0.2) is 0 Å². The third kappa shape index (κ3) is 5.17. The lowest BCUT2D eigenvalue weighted by Gasteiger charge is -2.63. The van der Waals surface area contributed by atoms with Crippen molar-refractivity contribution in [1.29, 1.82) is 0 Å². The molecule has 0 atom stereocenters. The van der Waals surface area contributed by atoms with Crippen LogP contribution in [-0.2, 0) is 21.7 Å². The SMILES string of the molecule is CC1(C)CCC(C)(C)c2cc(N(c3ccc4c(c3)Sc3ccc(-c5ccccc5)cc3C43C4CC5CC(C4)CC3C5)c3ccc4c(c3)C(C)(C)c3ccccc3-4)ccc21. The Labute approximate surface area is 356 Å². The Morgan fingerprint density at radius 1 is 0.441 bits per heavy atom. The summed E-state index contributed by atoms with van der Waals surface area (Å²) in [6, 6.07) is 50.2. The minimum Gasteiger partial charge on any atom is -0.310 e. The lowest BCUT2D eigenvalue weighted by molar-refractivity contribution is -0.0443. The number of rotatable bonds is 4. The van der Waals surface area contributed by atoms with Crippen molar-refractivity contribution in [3.63, 3.8) is 0 Å². The van der Waals surface area contributed by atoms with Crippen molar-refractivity contribution in [2.45, 2.75) is 118 Å². The first-order valence-electron chi connectivity index (χ1n) is 22.6. The molecule has 1 spiro atoms. The first-order valence-corrected chi connectivity index (χ1v) is 23.5. The molecule has 1 aliphatic heterocycles. The first kappa shape index (κ1) is 36.3. The fourth-order valence-electron chi connectivity index (χ4n) is 13.9. The van der Waals surface area contributed by atoms with Gasteiger partial charge >= 0.3 is 0 Å². The van der Waals surface area contributed by atoms with Crippen molar-refractivity contribution in [2.24, 2.45) is 23.7 Å². The summed E-state index contributed by atoms with van der Waals surface area (Å²) in [5.74, 6) is 3.23. The Morgan fingerprint density at radius 2 is 1.03 bits per heavy atom. The third-order valence-electron chi connectivity index (χ3n) is 16.8. The van der Waals surface area contributed by atoms with Crippen LogP contribution in [0.3, 0.4) is 0 Å². The minimum absolute atomic E-state index is 0.0717. The number of benzene rings is 6. The van der Waals surface area contributed by atoms with Gasteiger partial charge in [-0.1, -0.05) is 132 Å². The Hall–Kier alpha value is -4.53. The van der Waals surface area contributed by atoms with Crippen molar-refractivity contribution in [3.8, 4) is 22.3 Å².